The number of rotatable bonds is 9. The second-order valence-electron chi connectivity index (χ2n) is 6.97. The summed E-state index contributed by atoms with van der Waals surface area (Å²) < 4.78 is 36.3. The Morgan fingerprint density at radius 2 is 1.50 bits per heavy atom. The molecule has 3 rings (SSSR count). The van der Waals surface area contributed by atoms with Gasteiger partial charge in [-0.25, -0.2) is 0 Å². The summed E-state index contributed by atoms with van der Waals surface area (Å²) in [7, 11) is -3.94. The van der Waals surface area contributed by atoms with Crippen molar-refractivity contribution in [3.63, 3.8) is 0 Å². The highest BCUT2D eigenvalue weighted by Gasteiger charge is 2.19. The van der Waals surface area contributed by atoms with Gasteiger partial charge in [0.15, 0.2) is 11.5 Å². The Labute approximate surface area is 178 Å². The van der Waals surface area contributed by atoms with E-state index in [2.05, 4.69) is 24.4 Å². The largest absolute Gasteiger partial charge is 0.490 e. The van der Waals surface area contributed by atoms with E-state index in [-0.39, 0.29) is 10.6 Å². The van der Waals surface area contributed by atoms with Gasteiger partial charge >= 0.3 is 10.1 Å². The molecule has 30 heavy (non-hydrogen) atoms. The highest BCUT2D eigenvalue weighted by molar-refractivity contribution is 7.87. The number of hydrogen-bond donors (Lipinski definition) is 1. The van der Waals surface area contributed by atoms with Gasteiger partial charge < -0.3 is 14.2 Å². The number of nitrogens with one attached hydrogen (secondary N) is 1. The Kier molecular flexibility index (Phi) is 7.00. The molecule has 0 saturated heterocycles. The summed E-state index contributed by atoms with van der Waals surface area (Å²) >= 11 is 0. The Balaban J connectivity index is 1.76. The minimum Gasteiger partial charge on any atom is -0.490 e. The number of aryl methyl sites for hydroxylation is 2. The molecule has 0 fully saturated rings. The van der Waals surface area contributed by atoms with Crippen molar-refractivity contribution < 1.29 is 17.3 Å². The predicted molar refractivity (Wildman–Crippen MR) is 120 cm³/mol. The molecular formula is C24H27NO4S. The first-order valence-electron chi connectivity index (χ1n) is 10.0. The molecule has 0 unspecified atom stereocenters. The fourth-order valence-electron chi connectivity index (χ4n) is 2.93. The van der Waals surface area contributed by atoms with E-state index in [0.717, 1.165) is 23.2 Å². The zero-order valence-electron chi connectivity index (χ0n) is 17.5. The Hall–Kier alpha value is -2.99. The van der Waals surface area contributed by atoms with Crippen LogP contribution in [0.4, 0.5) is 5.69 Å². The molecule has 158 valence electrons. The van der Waals surface area contributed by atoms with Gasteiger partial charge in [0.25, 0.3) is 0 Å². The van der Waals surface area contributed by atoms with Gasteiger partial charge in [-0.05, 0) is 67.8 Å². The summed E-state index contributed by atoms with van der Waals surface area (Å²) in [5, 5.41) is 3.37. The number of hydrogen-bond acceptors (Lipinski definition) is 5. The van der Waals surface area contributed by atoms with Crippen LogP contribution in [0.15, 0.2) is 71.6 Å². The van der Waals surface area contributed by atoms with Crippen molar-refractivity contribution in [3.8, 4) is 11.5 Å². The first kappa shape index (κ1) is 21.7. The monoisotopic (exact) mass is 425 g/mol. The third-order valence-corrected chi connectivity index (χ3v) is 5.92. The van der Waals surface area contributed by atoms with Gasteiger partial charge in [-0.3, -0.25) is 0 Å². The molecular weight excluding hydrogens is 398 g/mol. The highest BCUT2D eigenvalue weighted by Crippen LogP contribution is 2.31. The molecule has 0 aliphatic rings. The fourth-order valence-corrected chi connectivity index (χ4v) is 3.87. The minimum absolute atomic E-state index is 0.108. The summed E-state index contributed by atoms with van der Waals surface area (Å²) in [5.41, 5.74) is 4.24. The van der Waals surface area contributed by atoms with E-state index in [1.54, 1.807) is 24.3 Å². The average molecular weight is 426 g/mol. The van der Waals surface area contributed by atoms with E-state index < -0.39 is 10.1 Å². The second kappa shape index (κ2) is 9.67. The molecule has 3 aromatic carbocycles. The van der Waals surface area contributed by atoms with Crippen LogP contribution >= 0.6 is 0 Å². The van der Waals surface area contributed by atoms with Crippen LogP contribution in [-0.4, -0.2) is 15.0 Å². The molecule has 5 nitrogen and oxygen atoms in total. The SMILES string of the molecule is CCOc1cc(CNc2ccc(CC)cc2)ccc1OS(=O)(=O)c1ccc(C)cc1. The van der Waals surface area contributed by atoms with E-state index >= 15 is 0 Å². The van der Waals surface area contributed by atoms with Crippen molar-refractivity contribution in [3.05, 3.63) is 83.4 Å². The van der Waals surface area contributed by atoms with Crippen LogP contribution in [0.1, 0.15) is 30.5 Å². The second-order valence-corrected chi connectivity index (χ2v) is 8.51. The van der Waals surface area contributed by atoms with Crippen molar-refractivity contribution >= 4 is 15.8 Å². The van der Waals surface area contributed by atoms with Crippen molar-refractivity contribution in [2.24, 2.45) is 0 Å². The van der Waals surface area contributed by atoms with Gasteiger partial charge in [0.2, 0.25) is 0 Å². The zero-order chi connectivity index (χ0) is 21.6. The number of ether oxygens (including phenoxy) is 1. The molecule has 0 aliphatic carbocycles. The van der Waals surface area contributed by atoms with Crippen LogP contribution in [0, 0.1) is 6.92 Å². The predicted octanol–water partition coefficient (Wildman–Crippen LogP) is 5.34. The summed E-state index contributed by atoms with van der Waals surface area (Å²) in [4.78, 5) is 0.108. The molecule has 0 aliphatic heterocycles. The molecule has 0 spiro atoms. The van der Waals surface area contributed by atoms with Crippen LogP contribution < -0.4 is 14.2 Å². The Bertz CT molecular complexity index is 1080. The summed E-state index contributed by atoms with van der Waals surface area (Å²) in [5.74, 6) is 0.572. The van der Waals surface area contributed by atoms with Gasteiger partial charge in [-0.2, -0.15) is 8.42 Å². The van der Waals surface area contributed by atoms with Gasteiger partial charge in [0.1, 0.15) is 4.90 Å². The third-order valence-electron chi connectivity index (χ3n) is 4.68. The first-order valence-corrected chi connectivity index (χ1v) is 11.4. The van der Waals surface area contributed by atoms with Gasteiger partial charge in [-0.1, -0.05) is 42.8 Å². The van der Waals surface area contributed by atoms with E-state index in [1.165, 1.54) is 17.7 Å². The van der Waals surface area contributed by atoms with E-state index in [9.17, 15) is 8.42 Å². The van der Waals surface area contributed by atoms with Crippen LogP contribution in [0.3, 0.4) is 0 Å². The lowest BCUT2D eigenvalue weighted by atomic mass is 10.1. The maximum atomic E-state index is 12.6. The maximum Gasteiger partial charge on any atom is 0.339 e. The Morgan fingerprint density at radius 1 is 0.833 bits per heavy atom. The van der Waals surface area contributed by atoms with Crippen LogP contribution in [0.25, 0.3) is 0 Å². The molecule has 0 amide bonds. The van der Waals surface area contributed by atoms with E-state index in [1.807, 2.05) is 32.0 Å². The van der Waals surface area contributed by atoms with Crippen LogP contribution in [0.5, 0.6) is 11.5 Å². The standard InChI is InChI=1S/C24H27NO4S/c1-4-19-8-11-21(12-9-19)25-17-20-10-15-23(24(16-20)28-5-2)29-30(26,27)22-13-6-18(3)7-14-22/h6-16,25H,4-5,17H2,1-3H3. The fraction of sp³-hybridized carbons (Fsp3) is 0.250. The Morgan fingerprint density at radius 3 is 2.13 bits per heavy atom. The zero-order valence-corrected chi connectivity index (χ0v) is 18.3. The molecule has 1 N–H and O–H groups in total. The van der Waals surface area contributed by atoms with E-state index in [4.69, 9.17) is 8.92 Å². The van der Waals surface area contributed by atoms with Crippen LogP contribution in [-0.2, 0) is 23.1 Å². The molecule has 0 bridgehead atoms. The van der Waals surface area contributed by atoms with Crippen molar-refractivity contribution in [1.82, 2.24) is 0 Å². The molecule has 6 heteroatoms. The first-order chi connectivity index (χ1) is 14.4. The molecule has 0 radical (unpaired) electrons. The maximum absolute atomic E-state index is 12.6. The normalized spacial score (nSPS) is 11.2. The lowest BCUT2D eigenvalue weighted by molar-refractivity contribution is 0.327. The molecule has 0 aromatic heterocycles. The van der Waals surface area contributed by atoms with Crippen molar-refractivity contribution in [2.75, 3.05) is 11.9 Å². The van der Waals surface area contributed by atoms with E-state index in [0.29, 0.717) is 18.9 Å². The van der Waals surface area contributed by atoms with Gasteiger partial charge in [0, 0.05) is 12.2 Å². The van der Waals surface area contributed by atoms with Crippen molar-refractivity contribution in [1.29, 1.82) is 0 Å². The number of benzene rings is 3. The smallest absolute Gasteiger partial charge is 0.339 e. The average Bonchev–Trinajstić information content (AvgIpc) is 2.74. The van der Waals surface area contributed by atoms with Crippen molar-refractivity contribution in [2.45, 2.75) is 38.6 Å². The summed E-state index contributed by atoms with van der Waals surface area (Å²) in [6.07, 6.45) is 1.00. The molecule has 0 saturated carbocycles. The lowest BCUT2D eigenvalue weighted by Gasteiger charge is -2.14. The highest BCUT2D eigenvalue weighted by atomic mass is 32.2. The topological polar surface area (TPSA) is 64.6 Å². The quantitative estimate of drug-likeness (QED) is 0.469. The number of anilines is 1. The third kappa shape index (κ3) is 5.54. The lowest BCUT2D eigenvalue weighted by Crippen LogP contribution is -2.11. The minimum atomic E-state index is -3.94. The van der Waals surface area contributed by atoms with Gasteiger partial charge in [0.05, 0.1) is 6.61 Å². The summed E-state index contributed by atoms with van der Waals surface area (Å²) in [6.45, 7) is 6.85. The van der Waals surface area contributed by atoms with Gasteiger partial charge in [-0.15, -0.1) is 0 Å². The molecule has 0 heterocycles. The summed E-state index contributed by atoms with van der Waals surface area (Å²) in [6, 6.07) is 20.1. The van der Waals surface area contributed by atoms with Crippen LogP contribution in [0.2, 0.25) is 0 Å². The molecule has 3 aromatic rings. The molecule has 0 atom stereocenters.